The van der Waals surface area contributed by atoms with Crippen LogP contribution in [0.25, 0.3) is 21.5 Å². The molecule has 0 amide bonds. The van der Waals surface area contributed by atoms with Crippen LogP contribution in [0.3, 0.4) is 0 Å². The van der Waals surface area contributed by atoms with Crippen LogP contribution < -0.4 is 5.73 Å². The lowest BCUT2D eigenvalue weighted by Crippen LogP contribution is -1.89. The second-order valence-electron chi connectivity index (χ2n) is 11.3. The average Bonchev–Trinajstić information content (AvgIpc) is 3.15. The lowest BCUT2D eigenvalue weighted by Gasteiger charge is -2.10. The number of azo groups is 4. The van der Waals surface area contributed by atoms with Gasteiger partial charge >= 0.3 is 0 Å². The van der Waals surface area contributed by atoms with Crippen LogP contribution in [0.2, 0.25) is 0 Å². The van der Waals surface area contributed by atoms with Gasteiger partial charge in [-0.15, -0.1) is 15.3 Å². The first-order valence-corrected chi connectivity index (χ1v) is 15.6. The molecule has 0 atom stereocenters. The number of aryl methyl sites for hydroxylation is 1. The van der Waals surface area contributed by atoms with Gasteiger partial charge in [-0.05, 0) is 102 Å². The Kier molecular flexibility index (Phi) is 8.76. The predicted octanol–water partition coefficient (Wildman–Crippen LogP) is 13.0. The quantitative estimate of drug-likeness (QED) is 0.110. The molecule has 0 unspecified atom stereocenters. The number of benzene rings is 7. The van der Waals surface area contributed by atoms with Crippen LogP contribution in [-0.2, 0) is 0 Å². The molecule has 0 aliphatic carbocycles. The average molecular weight is 656 g/mol. The molecule has 11 nitrogen and oxygen atoms in total. The summed E-state index contributed by atoms with van der Waals surface area (Å²) in [6.45, 7) is 1.90. The molecule has 7 rings (SSSR count). The number of nitrogens with zero attached hydrogens (tertiary/aromatic N) is 8. The van der Waals surface area contributed by atoms with Crippen molar-refractivity contribution in [3.8, 4) is 11.5 Å². The first-order valence-electron chi connectivity index (χ1n) is 15.6. The summed E-state index contributed by atoms with van der Waals surface area (Å²) in [5.41, 5.74) is 11.8. The zero-order chi connectivity index (χ0) is 34.5. The Morgan fingerprint density at radius 2 is 0.820 bits per heavy atom. The number of rotatable bonds is 8. The number of fused-ring (bicyclic) bond motifs is 2. The Morgan fingerprint density at radius 1 is 0.400 bits per heavy atom. The molecule has 4 N–H and O–H groups in total. The van der Waals surface area contributed by atoms with Gasteiger partial charge < -0.3 is 15.9 Å². The summed E-state index contributed by atoms with van der Waals surface area (Å²) in [5.74, 6) is -0.0926. The van der Waals surface area contributed by atoms with Gasteiger partial charge in [0.2, 0.25) is 0 Å². The van der Waals surface area contributed by atoms with Crippen molar-refractivity contribution < 1.29 is 10.2 Å². The Morgan fingerprint density at radius 3 is 1.42 bits per heavy atom. The summed E-state index contributed by atoms with van der Waals surface area (Å²) in [6, 6.07) is 40.0. The van der Waals surface area contributed by atoms with Crippen LogP contribution in [0.1, 0.15) is 5.56 Å². The number of phenols is 2. The lowest BCUT2D eigenvalue weighted by molar-refractivity contribution is 0.482. The highest BCUT2D eigenvalue weighted by molar-refractivity contribution is 6.04. The highest BCUT2D eigenvalue weighted by Crippen LogP contribution is 2.43. The van der Waals surface area contributed by atoms with E-state index in [2.05, 4.69) is 40.9 Å². The van der Waals surface area contributed by atoms with E-state index in [0.717, 1.165) is 22.0 Å². The Labute approximate surface area is 286 Å². The van der Waals surface area contributed by atoms with Gasteiger partial charge in [-0.3, -0.25) is 0 Å². The molecule has 0 aliphatic rings. The first kappa shape index (κ1) is 31.5. The minimum absolute atomic E-state index is 0.000543. The van der Waals surface area contributed by atoms with E-state index in [0.29, 0.717) is 44.9 Å². The SMILES string of the molecule is Cc1c(N=Nc2ccc3ccc(N=Nc4ccccc4)c(O)c3c2N)ccc2c(O)c(N=Nc3ccc(N=Nc4ccccc4)cc3)ccc12. The standard InChI is InChI=1S/C39H29N9O2/c1-24-30-18-23-34(47-44-29-16-14-28(15-17-29)42-41-26-8-4-2-5-9-26)38(49)31(30)19-22-32(24)45-46-33-20-12-25-13-21-35(39(50)36(25)37(33)40)48-43-27-10-6-3-7-11-27/h2-23,49-50H,40H2,1H3. The minimum atomic E-state index is -0.0932. The van der Waals surface area contributed by atoms with Gasteiger partial charge in [0.1, 0.15) is 17.1 Å². The second-order valence-corrected chi connectivity index (χ2v) is 11.3. The van der Waals surface area contributed by atoms with E-state index in [-0.39, 0.29) is 22.9 Å². The van der Waals surface area contributed by atoms with E-state index in [1.807, 2.05) is 85.8 Å². The highest BCUT2D eigenvalue weighted by atomic mass is 16.3. The van der Waals surface area contributed by atoms with Crippen LogP contribution >= 0.6 is 0 Å². The molecule has 50 heavy (non-hydrogen) atoms. The second kappa shape index (κ2) is 13.9. The molecular weight excluding hydrogens is 626 g/mol. The van der Waals surface area contributed by atoms with Gasteiger partial charge in [0, 0.05) is 5.39 Å². The number of anilines is 1. The van der Waals surface area contributed by atoms with Gasteiger partial charge in [-0.1, -0.05) is 54.6 Å². The molecule has 0 bridgehead atoms. The Hall–Kier alpha value is -7.14. The molecule has 7 aromatic carbocycles. The van der Waals surface area contributed by atoms with Crippen molar-refractivity contribution in [2.45, 2.75) is 6.92 Å². The minimum Gasteiger partial charge on any atom is -0.505 e. The maximum Gasteiger partial charge on any atom is 0.153 e. The normalized spacial score (nSPS) is 12.0. The fraction of sp³-hybridized carbons (Fsp3) is 0.0256. The summed E-state index contributed by atoms with van der Waals surface area (Å²) in [5, 5.41) is 59.0. The third-order valence-electron chi connectivity index (χ3n) is 8.00. The molecule has 0 spiro atoms. The van der Waals surface area contributed by atoms with E-state index in [1.54, 1.807) is 54.6 Å². The fourth-order valence-corrected chi connectivity index (χ4v) is 5.30. The topological polar surface area (TPSA) is 165 Å². The van der Waals surface area contributed by atoms with E-state index < -0.39 is 0 Å². The van der Waals surface area contributed by atoms with Crippen molar-refractivity contribution in [3.05, 3.63) is 139 Å². The van der Waals surface area contributed by atoms with E-state index >= 15 is 0 Å². The lowest BCUT2D eigenvalue weighted by atomic mass is 10.0. The summed E-state index contributed by atoms with van der Waals surface area (Å²) < 4.78 is 0. The smallest absolute Gasteiger partial charge is 0.153 e. The number of phenolic OH excluding ortho intramolecular Hbond substituents is 2. The number of hydrogen-bond donors (Lipinski definition) is 3. The molecule has 242 valence electrons. The van der Waals surface area contributed by atoms with Crippen molar-refractivity contribution in [1.82, 2.24) is 0 Å². The van der Waals surface area contributed by atoms with Crippen molar-refractivity contribution >= 4 is 72.7 Å². The Bertz CT molecular complexity index is 2460. The molecule has 7 aromatic rings. The van der Waals surface area contributed by atoms with Crippen molar-refractivity contribution in [3.63, 3.8) is 0 Å². The zero-order valence-corrected chi connectivity index (χ0v) is 26.8. The van der Waals surface area contributed by atoms with E-state index in [1.165, 1.54) is 0 Å². The fourth-order valence-electron chi connectivity index (χ4n) is 5.30. The van der Waals surface area contributed by atoms with Crippen LogP contribution in [0, 0.1) is 6.92 Å². The Balaban J connectivity index is 1.10. The predicted molar refractivity (Wildman–Crippen MR) is 196 cm³/mol. The monoisotopic (exact) mass is 655 g/mol. The molecule has 11 heteroatoms. The molecule has 0 fully saturated rings. The molecule has 0 aromatic heterocycles. The first-order chi connectivity index (χ1) is 24.4. The van der Waals surface area contributed by atoms with Gasteiger partial charge in [0.15, 0.2) is 11.5 Å². The molecular formula is C39H29N9O2. The third kappa shape index (κ3) is 6.64. The van der Waals surface area contributed by atoms with E-state index in [9.17, 15) is 10.2 Å². The summed E-state index contributed by atoms with van der Waals surface area (Å²) in [6.07, 6.45) is 0. The number of hydrogen-bond acceptors (Lipinski definition) is 11. The van der Waals surface area contributed by atoms with Gasteiger partial charge in [0.25, 0.3) is 0 Å². The van der Waals surface area contributed by atoms with Crippen LogP contribution in [0.5, 0.6) is 11.5 Å². The molecule has 0 radical (unpaired) electrons. The van der Waals surface area contributed by atoms with Gasteiger partial charge in [-0.2, -0.15) is 25.6 Å². The van der Waals surface area contributed by atoms with Crippen molar-refractivity contribution in [1.29, 1.82) is 0 Å². The van der Waals surface area contributed by atoms with Gasteiger partial charge in [-0.25, -0.2) is 0 Å². The molecule has 0 aliphatic heterocycles. The third-order valence-corrected chi connectivity index (χ3v) is 8.00. The molecule has 0 saturated heterocycles. The van der Waals surface area contributed by atoms with E-state index in [4.69, 9.17) is 5.73 Å². The molecule has 0 saturated carbocycles. The van der Waals surface area contributed by atoms with Crippen molar-refractivity contribution in [2.24, 2.45) is 40.9 Å². The maximum atomic E-state index is 11.1. The van der Waals surface area contributed by atoms with Crippen LogP contribution in [-0.4, -0.2) is 10.2 Å². The summed E-state index contributed by atoms with van der Waals surface area (Å²) >= 11 is 0. The zero-order valence-electron chi connectivity index (χ0n) is 26.8. The van der Waals surface area contributed by atoms with Crippen LogP contribution in [0.15, 0.2) is 174 Å². The number of nitrogen functional groups attached to an aromatic ring is 1. The van der Waals surface area contributed by atoms with Crippen LogP contribution in [0.4, 0.5) is 51.2 Å². The largest absolute Gasteiger partial charge is 0.505 e. The summed E-state index contributed by atoms with van der Waals surface area (Å²) in [7, 11) is 0. The maximum absolute atomic E-state index is 11.1. The highest BCUT2D eigenvalue weighted by Gasteiger charge is 2.14. The molecule has 0 heterocycles. The number of nitrogens with two attached hydrogens (primary N) is 1. The van der Waals surface area contributed by atoms with Gasteiger partial charge in [0.05, 0.1) is 39.5 Å². The summed E-state index contributed by atoms with van der Waals surface area (Å²) in [4.78, 5) is 0. The van der Waals surface area contributed by atoms with Crippen molar-refractivity contribution in [2.75, 3.05) is 5.73 Å². The number of aromatic hydroxyl groups is 2.